The molecule has 1 saturated heterocycles. The zero-order chi connectivity index (χ0) is 14.1. The fourth-order valence-corrected chi connectivity index (χ4v) is 3.38. The summed E-state index contributed by atoms with van der Waals surface area (Å²) in [5.41, 5.74) is 9.13. The van der Waals surface area contributed by atoms with Crippen molar-refractivity contribution in [2.24, 2.45) is 11.0 Å². The first-order valence-electron chi connectivity index (χ1n) is 6.04. The zero-order valence-corrected chi connectivity index (χ0v) is 11.9. The predicted molar refractivity (Wildman–Crippen MR) is 79.1 cm³/mol. The van der Waals surface area contributed by atoms with Crippen molar-refractivity contribution in [3.05, 3.63) is 33.7 Å². The summed E-state index contributed by atoms with van der Waals surface area (Å²) in [7, 11) is 0. The van der Waals surface area contributed by atoms with Gasteiger partial charge in [0.25, 0.3) is 0 Å². The second-order valence-corrected chi connectivity index (χ2v) is 6.04. The SMILES string of the molecule is [N-]=[N+]=NCC1CC(=O)N(c2nc3cc(Cl)ccc3s2)C1. The second kappa shape index (κ2) is 5.28. The van der Waals surface area contributed by atoms with E-state index in [-0.39, 0.29) is 11.8 Å². The molecule has 1 aliphatic heterocycles. The van der Waals surface area contributed by atoms with Gasteiger partial charge < -0.3 is 0 Å². The number of nitrogens with zero attached hydrogens (tertiary/aromatic N) is 5. The van der Waals surface area contributed by atoms with Gasteiger partial charge in [0.15, 0.2) is 5.13 Å². The monoisotopic (exact) mass is 307 g/mol. The first-order chi connectivity index (χ1) is 9.67. The number of aromatic nitrogens is 1. The molecular formula is C12H10ClN5OS. The summed E-state index contributed by atoms with van der Waals surface area (Å²) in [6.45, 7) is 0.890. The third-order valence-electron chi connectivity index (χ3n) is 3.18. The van der Waals surface area contributed by atoms with E-state index < -0.39 is 0 Å². The largest absolute Gasteiger partial charge is 0.288 e. The molecule has 1 aliphatic rings. The van der Waals surface area contributed by atoms with Crippen LogP contribution in [-0.4, -0.2) is 24.0 Å². The maximum Gasteiger partial charge on any atom is 0.229 e. The Morgan fingerprint density at radius 1 is 1.60 bits per heavy atom. The van der Waals surface area contributed by atoms with Crippen molar-refractivity contribution in [1.82, 2.24) is 4.98 Å². The molecule has 1 fully saturated rings. The average molecular weight is 308 g/mol. The lowest BCUT2D eigenvalue weighted by Crippen LogP contribution is -2.24. The van der Waals surface area contributed by atoms with Crippen LogP contribution in [0, 0.1) is 5.92 Å². The van der Waals surface area contributed by atoms with Crippen LogP contribution in [-0.2, 0) is 4.79 Å². The van der Waals surface area contributed by atoms with Gasteiger partial charge in [-0.15, -0.1) is 0 Å². The van der Waals surface area contributed by atoms with Crippen LogP contribution in [0.4, 0.5) is 5.13 Å². The van der Waals surface area contributed by atoms with E-state index in [4.69, 9.17) is 17.1 Å². The highest BCUT2D eigenvalue weighted by Crippen LogP contribution is 2.33. The third-order valence-corrected chi connectivity index (χ3v) is 4.47. The number of carbonyl (C=O) groups excluding carboxylic acids is 1. The average Bonchev–Trinajstić information content (AvgIpc) is 2.99. The maximum atomic E-state index is 12.0. The molecule has 6 nitrogen and oxygen atoms in total. The number of thiazole rings is 1. The van der Waals surface area contributed by atoms with Crippen LogP contribution in [0.5, 0.6) is 0 Å². The highest BCUT2D eigenvalue weighted by Gasteiger charge is 2.31. The van der Waals surface area contributed by atoms with Gasteiger partial charge in [0, 0.05) is 29.4 Å². The molecule has 102 valence electrons. The van der Waals surface area contributed by atoms with Gasteiger partial charge in [-0.25, -0.2) is 4.98 Å². The molecule has 3 rings (SSSR count). The Bertz CT molecular complexity index is 724. The Morgan fingerprint density at radius 2 is 2.45 bits per heavy atom. The molecule has 2 aromatic rings. The Kier molecular flexibility index (Phi) is 3.48. The molecule has 1 atom stereocenters. The van der Waals surface area contributed by atoms with Crippen LogP contribution in [0.15, 0.2) is 23.3 Å². The predicted octanol–water partition coefficient (Wildman–Crippen LogP) is 3.61. The lowest BCUT2D eigenvalue weighted by atomic mass is 10.1. The normalized spacial score (nSPS) is 18.6. The highest BCUT2D eigenvalue weighted by atomic mass is 35.5. The lowest BCUT2D eigenvalue weighted by Gasteiger charge is -2.11. The number of carbonyl (C=O) groups is 1. The van der Waals surface area contributed by atoms with E-state index in [1.165, 1.54) is 11.3 Å². The minimum Gasteiger partial charge on any atom is -0.288 e. The lowest BCUT2D eigenvalue weighted by molar-refractivity contribution is -0.117. The van der Waals surface area contributed by atoms with Crippen LogP contribution in [0.2, 0.25) is 5.02 Å². The van der Waals surface area contributed by atoms with Crippen LogP contribution < -0.4 is 4.90 Å². The van der Waals surface area contributed by atoms with E-state index >= 15 is 0 Å². The van der Waals surface area contributed by atoms with Gasteiger partial charge in [0.05, 0.1) is 10.2 Å². The minimum absolute atomic E-state index is 0.0216. The fraction of sp³-hybridized carbons (Fsp3) is 0.333. The molecule has 0 spiro atoms. The van der Waals surface area contributed by atoms with Crippen LogP contribution in [0.1, 0.15) is 6.42 Å². The van der Waals surface area contributed by atoms with Gasteiger partial charge in [-0.2, -0.15) is 0 Å². The van der Waals surface area contributed by atoms with Crippen molar-refractivity contribution in [3.63, 3.8) is 0 Å². The quantitative estimate of drug-likeness (QED) is 0.493. The van der Waals surface area contributed by atoms with E-state index in [9.17, 15) is 4.79 Å². The van der Waals surface area contributed by atoms with Gasteiger partial charge in [-0.05, 0) is 29.6 Å². The molecule has 8 heteroatoms. The van der Waals surface area contributed by atoms with E-state index in [1.807, 2.05) is 12.1 Å². The van der Waals surface area contributed by atoms with E-state index in [1.54, 1.807) is 11.0 Å². The number of anilines is 1. The molecule has 1 aromatic carbocycles. The smallest absolute Gasteiger partial charge is 0.229 e. The molecule has 2 heterocycles. The zero-order valence-electron chi connectivity index (χ0n) is 10.4. The van der Waals surface area contributed by atoms with Crippen LogP contribution in [0.3, 0.4) is 0 Å². The highest BCUT2D eigenvalue weighted by molar-refractivity contribution is 7.22. The fourth-order valence-electron chi connectivity index (χ4n) is 2.24. The summed E-state index contributed by atoms with van der Waals surface area (Å²) in [6, 6.07) is 5.49. The maximum absolute atomic E-state index is 12.0. The minimum atomic E-state index is 0.0216. The van der Waals surface area contributed by atoms with Gasteiger partial charge >= 0.3 is 0 Å². The Morgan fingerprint density at radius 3 is 3.25 bits per heavy atom. The Labute approximate surface area is 123 Å². The van der Waals surface area contributed by atoms with Crippen molar-refractivity contribution in [2.45, 2.75) is 6.42 Å². The number of rotatable bonds is 3. The summed E-state index contributed by atoms with van der Waals surface area (Å²) >= 11 is 7.40. The molecule has 1 aromatic heterocycles. The molecule has 0 N–H and O–H groups in total. The molecule has 1 unspecified atom stereocenters. The molecule has 1 amide bonds. The second-order valence-electron chi connectivity index (χ2n) is 4.60. The summed E-state index contributed by atoms with van der Waals surface area (Å²) in [6.07, 6.45) is 0.399. The number of amides is 1. The van der Waals surface area contributed by atoms with Gasteiger partial charge in [0.1, 0.15) is 0 Å². The van der Waals surface area contributed by atoms with E-state index in [0.717, 1.165) is 10.2 Å². The first kappa shape index (κ1) is 13.2. The van der Waals surface area contributed by atoms with Crippen molar-refractivity contribution in [2.75, 3.05) is 18.0 Å². The Hall–Kier alpha value is -1.82. The molecule has 0 aliphatic carbocycles. The van der Waals surface area contributed by atoms with Gasteiger partial charge in [0.2, 0.25) is 5.91 Å². The molecule has 20 heavy (non-hydrogen) atoms. The van der Waals surface area contributed by atoms with Gasteiger partial charge in [-0.3, -0.25) is 9.69 Å². The molecule has 0 radical (unpaired) electrons. The van der Waals surface area contributed by atoms with Crippen LogP contribution >= 0.6 is 22.9 Å². The summed E-state index contributed by atoms with van der Waals surface area (Å²) in [5, 5.41) is 4.84. The molecular weight excluding hydrogens is 298 g/mol. The van der Waals surface area contributed by atoms with Crippen molar-refractivity contribution in [3.8, 4) is 0 Å². The number of hydrogen-bond acceptors (Lipinski definition) is 4. The number of azide groups is 1. The van der Waals surface area contributed by atoms with Crippen LogP contribution in [0.25, 0.3) is 20.7 Å². The standard InChI is InChI=1S/C12H10ClN5OS/c13-8-1-2-10-9(4-8)16-12(20-10)18-6-7(3-11(18)19)5-15-17-14/h1-2,4,7H,3,5-6H2. The van der Waals surface area contributed by atoms with E-state index in [2.05, 4.69) is 15.0 Å². The number of hydrogen-bond donors (Lipinski definition) is 0. The third kappa shape index (κ3) is 2.43. The molecule has 0 saturated carbocycles. The summed E-state index contributed by atoms with van der Waals surface area (Å²) in [5.74, 6) is 0.0855. The number of fused-ring (bicyclic) bond motifs is 1. The number of benzene rings is 1. The number of halogens is 1. The summed E-state index contributed by atoms with van der Waals surface area (Å²) < 4.78 is 0.996. The van der Waals surface area contributed by atoms with Gasteiger partial charge in [-0.1, -0.05) is 28.1 Å². The van der Waals surface area contributed by atoms with Crippen molar-refractivity contribution >= 4 is 44.2 Å². The van der Waals surface area contributed by atoms with E-state index in [0.29, 0.717) is 29.7 Å². The topological polar surface area (TPSA) is 82.0 Å². The summed E-state index contributed by atoms with van der Waals surface area (Å²) in [4.78, 5) is 20.9. The molecule has 0 bridgehead atoms. The van der Waals surface area contributed by atoms with Crippen molar-refractivity contribution < 1.29 is 4.79 Å². The van der Waals surface area contributed by atoms with Crippen molar-refractivity contribution in [1.29, 1.82) is 0 Å². The Balaban J connectivity index is 1.87. The first-order valence-corrected chi connectivity index (χ1v) is 7.24.